The minimum Gasteiger partial charge on any atom is -0.478 e. The summed E-state index contributed by atoms with van der Waals surface area (Å²) in [4.78, 5) is 35.8. The van der Waals surface area contributed by atoms with Crippen molar-refractivity contribution in [1.29, 1.82) is 0 Å². The number of allylic oxidation sites excluding steroid dienone is 3. The number of carbonyl (C=O) groups is 3. The summed E-state index contributed by atoms with van der Waals surface area (Å²) < 4.78 is 12.2. The maximum atomic E-state index is 12.6. The normalized spacial score (nSPS) is 41.1. The van der Waals surface area contributed by atoms with Crippen molar-refractivity contribution < 1.29 is 29.0 Å². The molecule has 0 radical (unpaired) electrons. The molecule has 1 N–H and O–H groups in total. The van der Waals surface area contributed by atoms with E-state index in [4.69, 9.17) is 9.47 Å². The van der Waals surface area contributed by atoms with Crippen molar-refractivity contribution in [2.24, 2.45) is 45.3 Å². The number of carboxylic acid groups (broad SMARTS) is 1. The van der Waals surface area contributed by atoms with Gasteiger partial charge in [0.25, 0.3) is 0 Å². The predicted octanol–water partition coefficient (Wildman–Crippen LogP) is 7.51. The molecule has 0 aromatic heterocycles. The van der Waals surface area contributed by atoms with Crippen LogP contribution < -0.4 is 0 Å². The zero-order valence-corrected chi connectivity index (χ0v) is 26.3. The summed E-state index contributed by atoms with van der Waals surface area (Å²) in [5.74, 6) is 0.177. The molecule has 9 atom stereocenters. The number of rotatable bonds is 7. The molecule has 0 aliphatic heterocycles. The van der Waals surface area contributed by atoms with Gasteiger partial charge in [-0.1, -0.05) is 59.3 Å². The van der Waals surface area contributed by atoms with E-state index in [9.17, 15) is 19.5 Å². The Morgan fingerprint density at radius 2 is 1.62 bits per heavy atom. The van der Waals surface area contributed by atoms with Crippen LogP contribution in [0.25, 0.3) is 0 Å². The number of hydrogen-bond donors (Lipinski definition) is 1. The second kappa shape index (κ2) is 10.6. The van der Waals surface area contributed by atoms with Crippen LogP contribution in [0.2, 0.25) is 0 Å². The fraction of sp³-hybridized carbons (Fsp3) is 0.794. The standard InChI is InChI=1S/C34H52O6/c1-20(11-10-12-21(2)30(37)38)24-15-18-33(8)25-13-14-27-31(5,6)28(39-22(3)35)16-17-32(27,7)26(25)19-29(34(24,33)9)40-23(4)36/h12-13,20,24,26-29H,10-11,14-19H2,1-9H3,(H,37,38)/b21-12-/t20-,24-,26-,27+,28-,29-,32-,33+,34+/m1/s1. The monoisotopic (exact) mass is 556 g/mol. The molecule has 40 heavy (non-hydrogen) atoms. The van der Waals surface area contributed by atoms with E-state index in [-0.39, 0.29) is 45.8 Å². The highest BCUT2D eigenvalue weighted by molar-refractivity contribution is 5.85. The molecule has 6 nitrogen and oxygen atoms in total. The maximum Gasteiger partial charge on any atom is 0.330 e. The number of carbonyl (C=O) groups excluding carboxylic acids is 2. The first-order valence-electron chi connectivity index (χ1n) is 15.4. The Balaban J connectivity index is 1.70. The van der Waals surface area contributed by atoms with Crippen molar-refractivity contribution in [1.82, 2.24) is 0 Å². The topological polar surface area (TPSA) is 89.9 Å². The van der Waals surface area contributed by atoms with Crippen LogP contribution in [0.4, 0.5) is 0 Å². The number of ether oxygens (including phenoxy) is 2. The van der Waals surface area contributed by atoms with Crippen molar-refractivity contribution in [2.75, 3.05) is 0 Å². The van der Waals surface area contributed by atoms with Crippen LogP contribution in [0.5, 0.6) is 0 Å². The predicted molar refractivity (Wildman–Crippen MR) is 155 cm³/mol. The molecule has 0 unspecified atom stereocenters. The number of hydrogen-bond acceptors (Lipinski definition) is 5. The van der Waals surface area contributed by atoms with Crippen molar-refractivity contribution in [2.45, 2.75) is 126 Å². The molecule has 4 aliphatic rings. The van der Waals surface area contributed by atoms with E-state index in [1.54, 1.807) is 12.5 Å². The van der Waals surface area contributed by atoms with E-state index in [2.05, 4.69) is 47.6 Å². The summed E-state index contributed by atoms with van der Waals surface area (Å²) in [5, 5.41) is 9.26. The zero-order valence-electron chi connectivity index (χ0n) is 26.3. The Morgan fingerprint density at radius 1 is 1.00 bits per heavy atom. The fourth-order valence-electron chi connectivity index (χ4n) is 10.2. The molecule has 0 aromatic carbocycles. The van der Waals surface area contributed by atoms with Gasteiger partial charge in [-0.15, -0.1) is 0 Å². The van der Waals surface area contributed by atoms with Gasteiger partial charge in [0.1, 0.15) is 12.2 Å². The first-order valence-corrected chi connectivity index (χ1v) is 15.4. The third-order valence-electron chi connectivity index (χ3n) is 12.6. The maximum absolute atomic E-state index is 12.6. The van der Waals surface area contributed by atoms with Crippen LogP contribution in [-0.4, -0.2) is 35.2 Å². The van der Waals surface area contributed by atoms with Crippen LogP contribution in [0.1, 0.15) is 114 Å². The van der Waals surface area contributed by atoms with Gasteiger partial charge in [-0.2, -0.15) is 0 Å². The van der Waals surface area contributed by atoms with E-state index < -0.39 is 5.97 Å². The molecule has 0 bridgehead atoms. The summed E-state index contributed by atoms with van der Waals surface area (Å²) in [7, 11) is 0. The largest absolute Gasteiger partial charge is 0.478 e. The van der Waals surface area contributed by atoms with Gasteiger partial charge in [0.15, 0.2) is 0 Å². The smallest absolute Gasteiger partial charge is 0.330 e. The molecule has 4 aliphatic carbocycles. The summed E-state index contributed by atoms with van der Waals surface area (Å²) in [6, 6.07) is 0. The van der Waals surface area contributed by atoms with E-state index >= 15 is 0 Å². The lowest BCUT2D eigenvalue weighted by Crippen LogP contribution is -2.62. The average molecular weight is 557 g/mol. The second-order valence-corrected chi connectivity index (χ2v) is 14.8. The lowest BCUT2D eigenvalue weighted by molar-refractivity contribution is -0.190. The Bertz CT molecular complexity index is 1100. The van der Waals surface area contributed by atoms with Crippen LogP contribution in [-0.2, 0) is 23.9 Å². The van der Waals surface area contributed by atoms with Gasteiger partial charge < -0.3 is 14.6 Å². The number of esters is 2. The van der Waals surface area contributed by atoms with E-state index in [0.717, 1.165) is 51.4 Å². The lowest BCUT2D eigenvalue weighted by Gasteiger charge is -2.65. The molecule has 0 spiro atoms. The highest BCUT2D eigenvalue weighted by atomic mass is 16.5. The van der Waals surface area contributed by atoms with Crippen LogP contribution in [0.15, 0.2) is 23.3 Å². The summed E-state index contributed by atoms with van der Waals surface area (Å²) in [6.45, 7) is 18.8. The van der Waals surface area contributed by atoms with Gasteiger partial charge >= 0.3 is 17.9 Å². The van der Waals surface area contributed by atoms with E-state index in [1.165, 1.54) is 13.8 Å². The van der Waals surface area contributed by atoms with Gasteiger partial charge in [-0.25, -0.2) is 4.79 Å². The third-order valence-corrected chi connectivity index (χ3v) is 12.6. The Kier molecular flexibility index (Phi) is 8.19. The number of carboxylic acids is 1. The van der Waals surface area contributed by atoms with Gasteiger partial charge in [0.2, 0.25) is 0 Å². The summed E-state index contributed by atoms with van der Waals surface area (Å²) in [6.07, 6.45) is 11.6. The second-order valence-electron chi connectivity index (χ2n) is 14.8. The van der Waals surface area contributed by atoms with Crippen LogP contribution in [0.3, 0.4) is 0 Å². The molecular weight excluding hydrogens is 504 g/mol. The molecule has 3 saturated carbocycles. The molecule has 0 amide bonds. The Labute approximate surface area is 241 Å². The van der Waals surface area contributed by atoms with E-state index in [1.807, 2.05) is 6.08 Å². The van der Waals surface area contributed by atoms with Crippen LogP contribution >= 0.6 is 0 Å². The SMILES string of the molecule is CC(=O)O[C@@H]1CC[C@]2(C)[C@@H]3C[C@@H](OC(C)=O)[C@]4(C)[C@@H]([C@H](C)CC/C=C(/C)C(=O)O)CC[C@@]4(C)C3=CC[C@H]2C1(C)C. The highest BCUT2D eigenvalue weighted by Gasteiger charge is 2.69. The first-order chi connectivity index (χ1) is 18.5. The first kappa shape index (κ1) is 30.8. The average Bonchev–Trinajstić information content (AvgIpc) is 3.13. The molecule has 3 fully saturated rings. The van der Waals surface area contributed by atoms with Gasteiger partial charge in [0.05, 0.1) is 0 Å². The Hall–Kier alpha value is -2.11. The van der Waals surface area contributed by atoms with Crippen LogP contribution in [0, 0.1) is 45.3 Å². The summed E-state index contributed by atoms with van der Waals surface area (Å²) >= 11 is 0. The molecular formula is C34H52O6. The van der Waals surface area contributed by atoms with Gasteiger partial charge in [0, 0.05) is 30.3 Å². The van der Waals surface area contributed by atoms with Crippen molar-refractivity contribution in [3.05, 3.63) is 23.3 Å². The minimum atomic E-state index is -0.859. The number of fused-ring (bicyclic) bond motifs is 5. The molecule has 0 aromatic rings. The lowest BCUT2D eigenvalue weighted by atomic mass is 9.40. The molecule has 4 rings (SSSR count). The number of aliphatic carboxylic acids is 1. The van der Waals surface area contributed by atoms with Crippen molar-refractivity contribution in [3.63, 3.8) is 0 Å². The van der Waals surface area contributed by atoms with Crippen molar-refractivity contribution >= 4 is 17.9 Å². The van der Waals surface area contributed by atoms with E-state index in [0.29, 0.717) is 29.2 Å². The molecule has 224 valence electrons. The highest BCUT2D eigenvalue weighted by Crippen LogP contribution is 2.74. The Morgan fingerprint density at radius 3 is 2.23 bits per heavy atom. The van der Waals surface area contributed by atoms with Gasteiger partial charge in [-0.3, -0.25) is 9.59 Å². The summed E-state index contributed by atoms with van der Waals surface area (Å²) in [5.41, 5.74) is 1.58. The third kappa shape index (κ3) is 4.75. The van der Waals surface area contributed by atoms with Gasteiger partial charge in [-0.05, 0) is 92.8 Å². The zero-order chi connectivity index (χ0) is 29.8. The van der Waals surface area contributed by atoms with Crippen molar-refractivity contribution in [3.8, 4) is 0 Å². The molecule has 6 heteroatoms. The quantitative estimate of drug-likeness (QED) is 0.198. The molecule has 0 heterocycles. The molecule has 0 saturated heterocycles. The fourth-order valence-corrected chi connectivity index (χ4v) is 10.2. The minimum absolute atomic E-state index is 0.0375.